The zero-order valence-corrected chi connectivity index (χ0v) is 4.47. The molecule has 7 nitrogen and oxygen atoms in total. The van der Waals surface area contributed by atoms with Gasteiger partial charge in [-0.05, 0) is 0 Å². The Balaban J connectivity index is -0.0000000267. The summed E-state index contributed by atoms with van der Waals surface area (Å²) in [4.78, 5) is 25.6. The van der Waals surface area contributed by atoms with Gasteiger partial charge in [0.05, 0.1) is 0 Å². The van der Waals surface area contributed by atoms with Crippen LogP contribution in [-0.2, 0) is 4.57 Å². The molecule has 0 amide bonds. The Bertz CT molecular complexity index is 50.5. The molecular formula is H6O7P-3. The van der Waals surface area contributed by atoms with E-state index in [-0.39, 0.29) is 16.4 Å². The standard InChI is InChI=1S/H3O4P.3H2O/c1-5(2,3)4;;;/h(H3,1,2,3,4);3*1H2/p-3. The first kappa shape index (κ1) is 24.5. The highest BCUT2D eigenvalue weighted by molar-refractivity contribution is 7.40. The van der Waals surface area contributed by atoms with Crippen molar-refractivity contribution in [2.75, 3.05) is 0 Å². The molecule has 0 spiro atoms. The van der Waals surface area contributed by atoms with Gasteiger partial charge in [0.2, 0.25) is 0 Å². The van der Waals surface area contributed by atoms with Crippen molar-refractivity contribution in [1.82, 2.24) is 0 Å². The monoisotopic (exact) mass is 149 g/mol. The van der Waals surface area contributed by atoms with Gasteiger partial charge in [-0.25, -0.2) is 0 Å². The van der Waals surface area contributed by atoms with Crippen LogP contribution >= 0.6 is 7.82 Å². The maximum atomic E-state index is 8.55. The van der Waals surface area contributed by atoms with E-state index in [9.17, 15) is 0 Å². The molecule has 0 heterocycles. The molecule has 0 saturated heterocycles. The van der Waals surface area contributed by atoms with Gasteiger partial charge >= 0.3 is 0 Å². The third-order valence-electron chi connectivity index (χ3n) is 0. The minimum atomic E-state index is -5.39. The number of rotatable bonds is 0. The molecule has 0 unspecified atom stereocenters. The summed E-state index contributed by atoms with van der Waals surface area (Å²) in [6.07, 6.45) is 0. The molecule has 56 valence electrons. The lowest BCUT2D eigenvalue weighted by atomic mass is 15.8. The highest BCUT2D eigenvalue weighted by Gasteiger charge is 1.44. The molecule has 0 aliphatic carbocycles. The van der Waals surface area contributed by atoms with Gasteiger partial charge in [0.15, 0.2) is 0 Å². The summed E-state index contributed by atoms with van der Waals surface area (Å²) in [6, 6.07) is 0. The highest BCUT2D eigenvalue weighted by atomic mass is 31.2. The first-order chi connectivity index (χ1) is 2.00. The van der Waals surface area contributed by atoms with Gasteiger partial charge in [-0.2, -0.15) is 7.82 Å². The topological polar surface area (TPSA) is 181 Å². The van der Waals surface area contributed by atoms with Crippen LogP contribution in [0, 0.1) is 0 Å². The van der Waals surface area contributed by atoms with Crippen molar-refractivity contribution in [1.29, 1.82) is 0 Å². The summed E-state index contributed by atoms with van der Waals surface area (Å²) in [6.45, 7) is 0. The van der Waals surface area contributed by atoms with Crippen LogP contribution in [0.15, 0.2) is 0 Å². The molecule has 0 aromatic heterocycles. The smallest absolute Gasteiger partial charge is 0.159 e. The Kier molecular flexibility index (Phi) is 21.4. The maximum absolute atomic E-state index is 8.55. The average Bonchev–Trinajstić information content (AvgIpc) is 0.722. The van der Waals surface area contributed by atoms with Gasteiger partial charge in [-0.15, -0.1) is 0 Å². The second-order valence-corrected chi connectivity index (χ2v) is 1.34. The summed E-state index contributed by atoms with van der Waals surface area (Å²) < 4.78 is 8.55. The number of phosphoric acid groups is 1. The molecule has 0 radical (unpaired) electrons. The van der Waals surface area contributed by atoms with Crippen LogP contribution in [0.2, 0.25) is 0 Å². The molecule has 8 heavy (non-hydrogen) atoms. The van der Waals surface area contributed by atoms with E-state index in [1.54, 1.807) is 0 Å². The first-order valence-corrected chi connectivity index (χ1v) is 2.19. The van der Waals surface area contributed by atoms with E-state index >= 15 is 0 Å². The summed E-state index contributed by atoms with van der Waals surface area (Å²) in [5.74, 6) is 0. The van der Waals surface area contributed by atoms with E-state index in [1.807, 2.05) is 0 Å². The van der Waals surface area contributed by atoms with E-state index < -0.39 is 7.82 Å². The molecule has 0 aliphatic rings. The van der Waals surface area contributed by atoms with E-state index in [0.29, 0.717) is 0 Å². The molecular weight excluding hydrogens is 143 g/mol. The van der Waals surface area contributed by atoms with Gasteiger partial charge in [0, 0.05) is 0 Å². The van der Waals surface area contributed by atoms with Crippen LogP contribution < -0.4 is 14.7 Å². The first-order valence-electron chi connectivity index (χ1n) is 0.730. The van der Waals surface area contributed by atoms with E-state index in [2.05, 4.69) is 0 Å². The second-order valence-electron chi connectivity index (χ2n) is 0.447. The van der Waals surface area contributed by atoms with Crippen LogP contribution in [0.25, 0.3) is 0 Å². The molecule has 0 atom stereocenters. The van der Waals surface area contributed by atoms with Crippen molar-refractivity contribution in [3.05, 3.63) is 0 Å². The molecule has 0 aromatic rings. The quantitative estimate of drug-likeness (QED) is 0.312. The lowest BCUT2D eigenvalue weighted by Gasteiger charge is -2.36. The van der Waals surface area contributed by atoms with Crippen LogP contribution in [0.1, 0.15) is 0 Å². The molecule has 0 rings (SSSR count). The fourth-order valence-corrected chi connectivity index (χ4v) is 0. The van der Waals surface area contributed by atoms with E-state index in [1.165, 1.54) is 0 Å². The van der Waals surface area contributed by atoms with Gasteiger partial charge in [0.25, 0.3) is 0 Å². The number of hydrogen-bond acceptors (Lipinski definition) is 4. The average molecular weight is 149 g/mol. The highest BCUT2D eigenvalue weighted by Crippen LogP contribution is 2.03. The fourth-order valence-electron chi connectivity index (χ4n) is 0. The zero-order chi connectivity index (χ0) is 4.50. The van der Waals surface area contributed by atoms with Crippen molar-refractivity contribution in [3.8, 4) is 0 Å². The SMILES string of the molecule is O.O.O.O=P([O-])([O-])[O-]. The lowest BCUT2D eigenvalue weighted by Crippen LogP contribution is -2.24. The lowest BCUT2D eigenvalue weighted by molar-refractivity contribution is -0.432. The summed E-state index contributed by atoms with van der Waals surface area (Å²) in [5, 5.41) is 0. The predicted molar refractivity (Wildman–Crippen MR) is 18.4 cm³/mol. The molecule has 0 fully saturated rings. The van der Waals surface area contributed by atoms with Gasteiger partial charge in [-0.3, -0.25) is 0 Å². The van der Waals surface area contributed by atoms with Crippen LogP contribution in [0.3, 0.4) is 0 Å². The van der Waals surface area contributed by atoms with Crippen LogP contribution in [0.4, 0.5) is 0 Å². The Labute approximate surface area is 44.7 Å². The summed E-state index contributed by atoms with van der Waals surface area (Å²) in [7, 11) is -5.39. The molecule has 6 N–H and O–H groups in total. The largest absolute Gasteiger partial charge is 0.822 e. The molecule has 0 bridgehead atoms. The van der Waals surface area contributed by atoms with Gasteiger partial charge < -0.3 is 35.7 Å². The van der Waals surface area contributed by atoms with Crippen molar-refractivity contribution in [3.63, 3.8) is 0 Å². The Hall–Kier alpha value is -0.0100. The normalized spacial score (nSPS) is 7.38. The third kappa shape index (κ3) is 1490000. The molecule has 0 aliphatic heterocycles. The minimum absolute atomic E-state index is 0. The van der Waals surface area contributed by atoms with Crippen molar-refractivity contribution in [2.45, 2.75) is 0 Å². The van der Waals surface area contributed by atoms with Crippen molar-refractivity contribution >= 4 is 7.82 Å². The van der Waals surface area contributed by atoms with Crippen LogP contribution in [0.5, 0.6) is 0 Å². The van der Waals surface area contributed by atoms with Crippen LogP contribution in [-0.4, -0.2) is 16.4 Å². The second kappa shape index (κ2) is 6.99. The van der Waals surface area contributed by atoms with Crippen molar-refractivity contribution in [2.24, 2.45) is 0 Å². The van der Waals surface area contributed by atoms with E-state index in [0.717, 1.165) is 0 Å². The zero-order valence-electron chi connectivity index (χ0n) is 3.58. The minimum Gasteiger partial charge on any atom is -0.822 e. The third-order valence-corrected chi connectivity index (χ3v) is 0. The summed E-state index contributed by atoms with van der Waals surface area (Å²) >= 11 is 0. The van der Waals surface area contributed by atoms with Gasteiger partial charge in [0.1, 0.15) is 0 Å². The molecule has 0 aromatic carbocycles. The Morgan fingerprint density at radius 3 is 0.875 bits per heavy atom. The fraction of sp³-hybridized carbons (Fsp3) is 0. The molecule has 8 heteroatoms. The van der Waals surface area contributed by atoms with Gasteiger partial charge in [-0.1, -0.05) is 0 Å². The van der Waals surface area contributed by atoms with E-state index in [4.69, 9.17) is 19.2 Å². The predicted octanol–water partition coefficient (Wildman–Crippen LogP) is -5.30. The Morgan fingerprint density at radius 1 is 0.875 bits per heavy atom. The molecule has 0 saturated carbocycles. The number of hydrogen-bond donors (Lipinski definition) is 0. The van der Waals surface area contributed by atoms with Crippen molar-refractivity contribution < 1.29 is 35.7 Å². The Morgan fingerprint density at radius 2 is 0.875 bits per heavy atom. The maximum Gasteiger partial charge on any atom is -0.159 e. The summed E-state index contributed by atoms with van der Waals surface area (Å²) in [5.41, 5.74) is 0.